The molecule has 0 spiro atoms. The molecule has 0 aliphatic carbocycles. The number of rotatable bonds is 2. The summed E-state index contributed by atoms with van der Waals surface area (Å²) in [5.74, 6) is 0. The Balaban J connectivity index is 1.50. The first kappa shape index (κ1) is 23.0. The average Bonchev–Trinajstić information content (AvgIpc) is 2.94. The number of benzene rings is 5. The van der Waals surface area contributed by atoms with Crippen molar-refractivity contribution in [3.05, 3.63) is 132 Å². The van der Waals surface area contributed by atoms with E-state index in [1.807, 2.05) is 11.8 Å². The van der Waals surface area contributed by atoms with Crippen LogP contribution >= 0.6 is 17.8 Å². The molecule has 1 atom stereocenters. The summed E-state index contributed by atoms with van der Waals surface area (Å²) < 4.78 is 0. The van der Waals surface area contributed by atoms with Gasteiger partial charge in [-0.05, 0) is 52.8 Å². The molecule has 0 N–H and O–H groups in total. The van der Waals surface area contributed by atoms with Crippen molar-refractivity contribution >= 4 is 62.6 Å². The van der Waals surface area contributed by atoms with E-state index in [9.17, 15) is 0 Å². The Hall–Kier alpha value is -3.10. The summed E-state index contributed by atoms with van der Waals surface area (Å²) in [7, 11) is 0. The Bertz CT molecular complexity index is 1670. The van der Waals surface area contributed by atoms with Gasteiger partial charge < -0.3 is 4.90 Å². The fourth-order valence-electron chi connectivity index (χ4n) is 5.89. The van der Waals surface area contributed by atoms with Gasteiger partial charge in [0.25, 0.3) is 0 Å². The standard InChI is InChI=1S/C33H26NPS2/c1-33(2)25-14-6-8-16-27(25)34(28-17-9-7-15-26(28)33)23-20-21-32-30(22-23)35(36,24-12-4-3-5-13-24)29-18-10-11-19-31(29)37-32/h3-22H,1-2H3. The zero-order chi connectivity index (χ0) is 25.2. The molecule has 2 heterocycles. The van der Waals surface area contributed by atoms with E-state index in [1.165, 1.54) is 53.9 Å². The Morgan fingerprint density at radius 3 is 1.89 bits per heavy atom. The summed E-state index contributed by atoms with van der Waals surface area (Å²) in [5, 5.41) is 3.83. The molecule has 0 fully saturated rings. The van der Waals surface area contributed by atoms with Gasteiger partial charge in [-0.25, -0.2) is 0 Å². The van der Waals surface area contributed by atoms with Crippen LogP contribution in [0.4, 0.5) is 17.1 Å². The Morgan fingerprint density at radius 1 is 0.622 bits per heavy atom. The van der Waals surface area contributed by atoms with Crippen molar-refractivity contribution < 1.29 is 0 Å². The van der Waals surface area contributed by atoms with E-state index >= 15 is 0 Å². The molecule has 5 aromatic rings. The third kappa shape index (κ3) is 3.35. The second kappa shape index (κ2) is 8.46. The normalized spacial score (nSPS) is 18.8. The number of anilines is 3. The molecule has 0 aromatic heterocycles. The van der Waals surface area contributed by atoms with Crippen LogP contribution in [0, 0.1) is 0 Å². The van der Waals surface area contributed by atoms with Gasteiger partial charge in [-0.1, -0.05) is 122 Å². The first-order valence-electron chi connectivity index (χ1n) is 12.6. The van der Waals surface area contributed by atoms with E-state index in [0.717, 1.165) is 0 Å². The van der Waals surface area contributed by atoms with E-state index in [0.29, 0.717) is 0 Å². The maximum absolute atomic E-state index is 6.76. The molecule has 180 valence electrons. The molecular formula is C33H26NPS2. The summed E-state index contributed by atoms with van der Waals surface area (Å²) in [6.45, 7) is 4.66. The number of hydrogen-bond donors (Lipinski definition) is 0. The number of hydrogen-bond acceptors (Lipinski definition) is 3. The van der Waals surface area contributed by atoms with E-state index in [4.69, 9.17) is 11.8 Å². The van der Waals surface area contributed by atoms with Crippen LogP contribution in [-0.4, -0.2) is 0 Å². The minimum atomic E-state index is -2.23. The minimum Gasteiger partial charge on any atom is -0.310 e. The van der Waals surface area contributed by atoms with Crippen molar-refractivity contribution in [2.24, 2.45) is 0 Å². The lowest BCUT2D eigenvalue weighted by Gasteiger charge is -2.42. The largest absolute Gasteiger partial charge is 0.310 e. The van der Waals surface area contributed by atoms with Crippen LogP contribution in [0.3, 0.4) is 0 Å². The van der Waals surface area contributed by atoms with Crippen molar-refractivity contribution in [1.82, 2.24) is 0 Å². The minimum absolute atomic E-state index is 0.0779. The Morgan fingerprint density at radius 2 is 1.19 bits per heavy atom. The first-order chi connectivity index (χ1) is 18.0. The topological polar surface area (TPSA) is 3.24 Å². The summed E-state index contributed by atoms with van der Waals surface area (Å²) in [4.78, 5) is 4.99. The number of para-hydroxylation sites is 2. The fraction of sp³-hybridized carbons (Fsp3) is 0.0909. The highest BCUT2D eigenvalue weighted by Gasteiger charge is 2.38. The molecule has 37 heavy (non-hydrogen) atoms. The third-order valence-electron chi connectivity index (χ3n) is 7.72. The van der Waals surface area contributed by atoms with E-state index in [1.54, 1.807) is 0 Å². The van der Waals surface area contributed by atoms with Gasteiger partial charge in [0.2, 0.25) is 0 Å². The van der Waals surface area contributed by atoms with Crippen molar-refractivity contribution in [3.63, 3.8) is 0 Å². The van der Waals surface area contributed by atoms with Gasteiger partial charge >= 0.3 is 0 Å². The molecule has 0 radical (unpaired) electrons. The molecular weight excluding hydrogens is 505 g/mol. The van der Waals surface area contributed by atoms with Crippen molar-refractivity contribution in [3.8, 4) is 0 Å². The highest BCUT2D eigenvalue weighted by Crippen LogP contribution is 2.55. The zero-order valence-corrected chi connectivity index (χ0v) is 23.3. The van der Waals surface area contributed by atoms with Crippen LogP contribution in [0.25, 0.3) is 0 Å². The summed E-state index contributed by atoms with van der Waals surface area (Å²) >= 11 is 8.61. The molecule has 0 saturated carbocycles. The number of nitrogens with zero attached hydrogens (tertiary/aromatic N) is 1. The molecule has 7 rings (SSSR count). The Kier molecular flexibility index (Phi) is 5.27. The number of fused-ring (bicyclic) bond motifs is 4. The zero-order valence-electron chi connectivity index (χ0n) is 20.8. The van der Waals surface area contributed by atoms with E-state index in [-0.39, 0.29) is 5.41 Å². The summed E-state index contributed by atoms with van der Waals surface area (Å²) in [6.07, 6.45) is 0. The van der Waals surface area contributed by atoms with Gasteiger partial charge in [-0.3, -0.25) is 0 Å². The quantitative estimate of drug-likeness (QED) is 0.208. The predicted octanol–water partition coefficient (Wildman–Crippen LogP) is 8.02. The summed E-state index contributed by atoms with van der Waals surface area (Å²) in [6, 6.07) is 41.9. The molecule has 0 bridgehead atoms. The molecule has 2 aliphatic rings. The maximum atomic E-state index is 6.76. The van der Waals surface area contributed by atoms with Gasteiger partial charge in [0.05, 0.1) is 11.4 Å². The molecule has 1 unspecified atom stereocenters. The molecule has 2 aliphatic heterocycles. The van der Waals surface area contributed by atoms with E-state index in [2.05, 4.69) is 140 Å². The monoisotopic (exact) mass is 531 g/mol. The maximum Gasteiger partial charge on any atom is 0.0502 e. The molecule has 0 saturated heterocycles. The van der Waals surface area contributed by atoms with Gasteiger partial charge in [0.15, 0.2) is 0 Å². The van der Waals surface area contributed by atoms with Gasteiger partial charge in [0.1, 0.15) is 0 Å². The van der Waals surface area contributed by atoms with Crippen LogP contribution < -0.4 is 20.8 Å². The van der Waals surface area contributed by atoms with Gasteiger partial charge in [-0.2, -0.15) is 0 Å². The second-order valence-electron chi connectivity index (χ2n) is 10.2. The van der Waals surface area contributed by atoms with Crippen molar-refractivity contribution in [2.75, 3.05) is 4.90 Å². The smallest absolute Gasteiger partial charge is 0.0502 e. The SMILES string of the molecule is CC1(C)c2ccccc2N(c2ccc3c(c2)P(=S)(c2ccccc2)c2ccccc2S3)c2ccccc21. The Labute approximate surface area is 228 Å². The highest BCUT2D eigenvalue weighted by atomic mass is 32.4. The van der Waals surface area contributed by atoms with Gasteiger partial charge in [0, 0.05) is 37.5 Å². The lowest BCUT2D eigenvalue weighted by Crippen LogP contribution is -2.32. The van der Waals surface area contributed by atoms with Crippen LogP contribution in [0.5, 0.6) is 0 Å². The van der Waals surface area contributed by atoms with Crippen molar-refractivity contribution in [1.29, 1.82) is 0 Å². The third-order valence-corrected chi connectivity index (χ3v) is 14.1. The van der Waals surface area contributed by atoms with Crippen LogP contribution in [0.2, 0.25) is 0 Å². The van der Waals surface area contributed by atoms with Crippen LogP contribution in [-0.2, 0) is 17.2 Å². The van der Waals surface area contributed by atoms with Crippen molar-refractivity contribution in [2.45, 2.75) is 29.1 Å². The lowest BCUT2D eigenvalue weighted by molar-refractivity contribution is 0.632. The molecule has 4 heteroatoms. The average molecular weight is 532 g/mol. The first-order valence-corrected chi connectivity index (χ1v) is 16.2. The molecule has 0 amide bonds. The lowest BCUT2D eigenvalue weighted by atomic mass is 9.73. The summed E-state index contributed by atoms with van der Waals surface area (Å²) in [5.41, 5.74) is 6.25. The van der Waals surface area contributed by atoms with Crippen LogP contribution in [0.15, 0.2) is 131 Å². The molecule has 5 aromatic carbocycles. The van der Waals surface area contributed by atoms with Crippen LogP contribution in [0.1, 0.15) is 25.0 Å². The predicted molar refractivity (Wildman–Crippen MR) is 163 cm³/mol. The van der Waals surface area contributed by atoms with E-state index < -0.39 is 6.04 Å². The van der Waals surface area contributed by atoms with Gasteiger partial charge in [-0.15, -0.1) is 0 Å². The highest BCUT2D eigenvalue weighted by molar-refractivity contribution is 8.26. The fourth-order valence-corrected chi connectivity index (χ4v) is 12.3. The molecule has 1 nitrogen and oxygen atoms in total. The second-order valence-corrected chi connectivity index (χ2v) is 15.6.